The van der Waals surface area contributed by atoms with E-state index in [1.165, 1.54) is 6.33 Å². The first kappa shape index (κ1) is 15.6. The fourth-order valence-electron chi connectivity index (χ4n) is 1.76. The molecule has 0 atom stereocenters. The predicted molar refractivity (Wildman–Crippen MR) is 78.8 cm³/mol. The molecule has 0 saturated heterocycles. The lowest BCUT2D eigenvalue weighted by molar-refractivity contribution is 0.579. The van der Waals surface area contributed by atoms with E-state index in [9.17, 15) is 8.42 Å². The number of hydrogen-bond donors (Lipinski definition) is 3. The maximum Gasteiger partial charge on any atom is 0.240 e. The quantitative estimate of drug-likeness (QED) is 0.626. The van der Waals surface area contributed by atoms with Gasteiger partial charge in [-0.1, -0.05) is 19.1 Å². The molecule has 2 aromatic rings. The summed E-state index contributed by atoms with van der Waals surface area (Å²) in [6.07, 6.45) is 2.40. The molecule has 7 nitrogen and oxygen atoms in total. The van der Waals surface area contributed by atoms with Crippen LogP contribution in [-0.2, 0) is 23.1 Å². The van der Waals surface area contributed by atoms with Crippen LogP contribution in [0.25, 0.3) is 0 Å². The van der Waals surface area contributed by atoms with Crippen LogP contribution in [0.2, 0.25) is 0 Å². The van der Waals surface area contributed by atoms with E-state index in [1.54, 1.807) is 12.1 Å². The third-order valence-electron chi connectivity index (χ3n) is 2.88. The Morgan fingerprint density at radius 3 is 2.57 bits per heavy atom. The molecule has 0 aliphatic heterocycles. The third-order valence-corrected chi connectivity index (χ3v) is 4.30. The Bertz CT molecular complexity index is 638. The highest BCUT2D eigenvalue weighted by atomic mass is 32.2. The van der Waals surface area contributed by atoms with Crippen molar-refractivity contribution in [1.82, 2.24) is 25.2 Å². The summed E-state index contributed by atoms with van der Waals surface area (Å²) in [4.78, 5) is 4.10. The lowest BCUT2D eigenvalue weighted by Crippen LogP contribution is -2.24. The van der Waals surface area contributed by atoms with Crippen LogP contribution in [0.5, 0.6) is 0 Å². The summed E-state index contributed by atoms with van der Waals surface area (Å²) in [5.74, 6) is 0.471. The summed E-state index contributed by atoms with van der Waals surface area (Å²) in [6, 6.07) is 6.83. The number of nitrogens with one attached hydrogen (secondary N) is 3. The van der Waals surface area contributed by atoms with Crippen molar-refractivity contribution in [2.24, 2.45) is 0 Å². The number of sulfonamides is 1. The monoisotopic (exact) mass is 309 g/mol. The second kappa shape index (κ2) is 7.30. The van der Waals surface area contributed by atoms with Gasteiger partial charge in [0.1, 0.15) is 12.2 Å². The fraction of sp³-hybridized carbons (Fsp3) is 0.385. The first-order valence-corrected chi connectivity index (χ1v) is 8.23. The molecule has 1 heterocycles. The second-order valence-corrected chi connectivity index (χ2v) is 6.34. The van der Waals surface area contributed by atoms with Crippen molar-refractivity contribution in [3.63, 3.8) is 0 Å². The van der Waals surface area contributed by atoms with Crippen molar-refractivity contribution in [3.05, 3.63) is 42.0 Å². The highest BCUT2D eigenvalue weighted by molar-refractivity contribution is 7.89. The van der Waals surface area contributed by atoms with Crippen molar-refractivity contribution in [1.29, 1.82) is 0 Å². The van der Waals surface area contributed by atoms with E-state index in [2.05, 4.69) is 32.1 Å². The van der Waals surface area contributed by atoms with Crippen LogP contribution in [0, 0.1) is 0 Å². The van der Waals surface area contributed by atoms with Crippen molar-refractivity contribution in [2.75, 3.05) is 6.54 Å². The maximum absolute atomic E-state index is 12.1. The van der Waals surface area contributed by atoms with Gasteiger partial charge < -0.3 is 5.32 Å². The van der Waals surface area contributed by atoms with E-state index in [4.69, 9.17) is 0 Å². The van der Waals surface area contributed by atoms with E-state index < -0.39 is 10.0 Å². The molecule has 3 N–H and O–H groups in total. The molecule has 0 unspecified atom stereocenters. The van der Waals surface area contributed by atoms with E-state index in [0.29, 0.717) is 5.82 Å². The standard InChI is InChI=1S/C13H19N5O2S/c1-2-7-14-8-11-3-5-12(6-4-11)21(19,20)17-9-13-15-10-16-18-13/h3-6,10,14,17H,2,7-9H2,1H3,(H,15,16,18). The zero-order valence-corrected chi connectivity index (χ0v) is 12.7. The first-order chi connectivity index (χ1) is 10.1. The zero-order valence-electron chi connectivity index (χ0n) is 11.8. The van der Waals surface area contributed by atoms with Gasteiger partial charge in [-0.15, -0.1) is 0 Å². The lowest BCUT2D eigenvalue weighted by atomic mass is 10.2. The molecule has 0 amide bonds. The molecule has 2 rings (SSSR count). The Hall–Kier alpha value is -1.77. The van der Waals surface area contributed by atoms with Gasteiger partial charge >= 0.3 is 0 Å². The Morgan fingerprint density at radius 1 is 1.19 bits per heavy atom. The van der Waals surface area contributed by atoms with Crippen LogP contribution >= 0.6 is 0 Å². The number of benzene rings is 1. The van der Waals surface area contributed by atoms with Crippen molar-refractivity contribution < 1.29 is 8.42 Å². The van der Waals surface area contributed by atoms with Gasteiger partial charge in [0.25, 0.3) is 0 Å². The molecule has 0 aliphatic rings. The SMILES string of the molecule is CCCNCc1ccc(S(=O)(=O)NCc2ncn[nH]2)cc1. The van der Waals surface area contributed by atoms with Crippen molar-refractivity contribution in [2.45, 2.75) is 31.3 Å². The van der Waals surface area contributed by atoms with Gasteiger partial charge in [0.2, 0.25) is 10.0 Å². The number of H-pyrrole nitrogens is 1. The number of aromatic nitrogens is 3. The van der Waals surface area contributed by atoms with E-state index in [-0.39, 0.29) is 11.4 Å². The van der Waals surface area contributed by atoms with Crippen molar-refractivity contribution in [3.8, 4) is 0 Å². The minimum atomic E-state index is -3.54. The minimum Gasteiger partial charge on any atom is -0.313 e. The molecule has 0 saturated carbocycles. The Kier molecular flexibility index (Phi) is 5.43. The van der Waals surface area contributed by atoms with Gasteiger partial charge in [-0.05, 0) is 30.7 Å². The number of aromatic amines is 1. The maximum atomic E-state index is 12.1. The molecule has 1 aromatic carbocycles. The number of nitrogens with zero attached hydrogens (tertiary/aromatic N) is 2. The second-order valence-electron chi connectivity index (χ2n) is 4.58. The molecule has 0 bridgehead atoms. The van der Waals surface area contributed by atoms with Gasteiger partial charge in [0.05, 0.1) is 11.4 Å². The molecule has 0 radical (unpaired) electrons. The van der Waals surface area contributed by atoms with Gasteiger partial charge in [0.15, 0.2) is 0 Å². The Morgan fingerprint density at radius 2 is 1.95 bits per heavy atom. The van der Waals surface area contributed by atoms with E-state index in [0.717, 1.165) is 25.1 Å². The summed E-state index contributed by atoms with van der Waals surface area (Å²) in [5.41, 5.74) is 1.05. The van der Waals surface area contributed by atoms with Crippen LogP contribution in [0.4, 0.5) is 0 Å². The molecule has 8 heteroatoms. The Balaban J connectivity index is 1.96. The topological polar surface area (TPSA) is 99.8 Å². The molecular weight excluding hydrogens is 290 g/mol. The van der Waals surface area contributed by atoms with Gasteiger partial charge in [-0.3, -0.25) is 5.10 Å². The summed E-state index contributed by atoms with van der Waals surface area (Å²) in [5, 5.41) is 9.54. The largest absolute Gasteiger partial charge is 0.313 e. The van der Waals surface area contributed by atoms with Crippen LogP contribution in [-0.4, -0.2) is 30.1 Å². The summed E-state index contributed by atoms with van der Waals surface area (Å²) >= 11 is 0. The molecular formula is C13H19N5O2S. The highest BCUT2D eigenvalue weighted by Crippen LogP contribution is 2.10. The molecule has 0 spiro atoms. The predicted octanol–water partition coefficient (Wildman–Crippen LogP) is 0.783. The number of rotatable bonds is 8. The third kappa shape index (κ3) is 4.62. The molecule has 0 fully saturated rings. The molecule has 114 valence electrons. The zero-order chi connectivity index (χ0) is 15.1. The number of hydrogen-bond acceptors (Lipinski definition) is 5. The van der Waals surface area contributed by atoms with Crippen molar-refractivity contribution >= 4 is 10.0 Å². The van der Waals surface area contributed by atoms with Crippen LogP contribution < -0.4 is 10.0 Å². The summed E-state index contributed by atoms with van der Waals surface area (Å²) in [6.45, 7) is 3.86. The van der Waals surface area contributed by atoms with Crippen LogP contribution in [0.1, 0.15) is 24.7 Å². The summed E-state index contributed by atoms with van der Waals surface area (Å²) < 4.78 is 26.7. The highest BCUT2D eigenvalue weighted by Gasteiger charge is 2.14. The summed E-state index contributed by atoms with van der Waals surface area (Å²) in [7, 11) is -3.54. The molecule has 0 aliphatic carbocycles. The average Bonchev–Trinajstić information content (AvgIpc) is 3.00. The fourth-order valence-corrected chi connectivity index (χ4v) is 2.75. The molecule has 1 aromatic heterocycles. The van der Waals surface area contributed by atoms with E-state index >= 15 is 0 Å². The molecule has 21 heavy (non-hydrogen) atoms. The van der Waals surface area contributed by atoms with Gasteiger partial charge in [0, 0.05) is 6.54 Å². The Labute approximate surface area is 124 Å². The average molecular weight is 309 g/mol. The first-order valence-electron chi connectivity index (χ1n) is 6.75. The van der Waals surface area contributed by atoms with Gasteiger partial charge in [-0.2, -0.15) is 5.10 Å². The smallest absolute Gasteiger partial charge is 0.240 e. The van der Waals surface area contributed by atoms with Gasteiger partial charge in [-0.25, -0.2) is 18.1 Å². The lowest BCUT2D eigenvalue weighted by Gasteiger charge is -2.07. The minimum absolute atomic E-state index is 0.0855. The van der Waals surface area contributed by atoms with Crippen LogP contribution in [0.15, 0.2) is 35.5 Å². The van der Waals surface area contributed by atoms with E-state index in [1.807, 2.05) is 12.1 Å². The normalized spacial score (nSPS) is 11.7. The van der Waals surface area contributed by atoms with Crippen LogP contribution in [0.3, 0.4) is 0 Å².